The molecule has 3 aliphatic rings. The highest BCUT2D eigenvalue weighted by Crippen LogP contribution is 2.37. The molecule has 9 nitrogen and oxygen atoms in total. The fourth-order valence-corrected chi connectivity index (χ4v) is 5.22. The summed E-state index contributed by atoms with van der Waals surface area (Å²) >= 11 is 7.83. The average molecular weight is 548 g/mol. The molecule has 0 radical (unpaired) electrons. The van der Waals surface area contributed by atoms with E-state index in [1.54, 1.807) is 13.1 Å². The van der Waals surface area contributed by atoms with Gasteiger partial charge in [0.25, 0.3) is 0 Å². The minimum Gasteiger partial charge on any atom is -0.463 e. The smallest absolute Gasteiger partial charge is 0.338 e. The predicted molar refractivity (Wildman–Crippen MR) is 137 cm³/mol. The molecule has 1 amide bonds. The number of esters is 1. The summed E-state index contributed by atoms with van der Waals surface area (Å²) in [6.45, 7) is 3.32. The van der Waals surface area contributed by atoms with Crippen LogP contribution in [0, 0.1) is 5.82 Å². The van der Waals surface area contributed by atoms with Gasteiger partial charge < -0.3 is 20.1 Å². The van der Waals surface area contributed by atoms with Crippen molar-refractivity contribution in [3.63, 3.8) is 0 Å². The molecule has 2 fully saturated rings. The molecule has 2 atom stereocenters. The van der Waals surface area contributed by atoms with Crippen LogP contribution in [0.4, 0.5) is 4.39 Å². The first-order valence-electron chi connectivity index (χ1n) is 12.2. The quantitative estimate of drug-likeness (QED) is 0.490. The number of rotatable bonds is 8. The van der Waals surface area contributed by atoms with Gasteiger partial charge in [0.1, 0.15) is 17.9 Å². The zero-order chi connectivity index (χ0) is 25.9. The molecule has 5 rings (SSSR count). The van der Waals surface area contributed by atoms with Gasteiger partial charge in [0.05, 0.1) is 25.4 Å². The first-order chi connectivity index (χ1) is 17.9. The number of carbonyl (C=O) groups excluding carboxylic acids is 2. The van der Waals surface area contributed by atoms with Crippen molar-refractivity contribution in [1.82, 2.24) is 20.5 Å². The normalized spacial score (nSPS) is 22.3. The van der Waals surface area contributed by atoms with Crippen molar-refractivity contribution in [1.29, 1.82) is 0 Å². The summed E-state index contributed by atoms with van der Waals surface area (Å²) in [5.41, 5.74) is 1.24. The molecule has 1 aliphatic carbocycles. The van der Waals surface area contributed by atoms with Gasteiger partial charge in [-0.2, -0.15) is 0 Å². The average Bonchev–Trinajstić information content (AvgIpc) is 3.51. The number of morpholine rings is 1. The van der Waals surface area contributed by atoms with Crippen LogP contribution in [-0.2, 0) is 19.1 Å². The minimum atomic E-state index is -0.859. The van der Waals surface area contributed by atoms with E-state index >= 15 is 0 Å². The van der Waals surface area contributed by atoms with E-state index in [0.29, 0.717) is 35.3 Å². The molecule has 0 spiro atoms. The van der Waals surface area contributed by atoms with Crippen molar-refractivity contribution in [3.05, 3.63) is 62.5 Å². The molecule has 2 N–H and O–H groups in total. The second-order valence-corrected chi connectivity index (χ2v) is 10.3. The Morgan fingerprint density at radius 1 is 1.38 bits per heavy atom. The third-order valence-corrected chi connectivity index (χ3v) is 7.45. The van der Waals surface area contributed by atoms with E-state index < -0.39 is 23.9 Å². The van der Waals surface area contributed by atoms with E-state index in [0.717, 1.165) is 12.8 Å². The molecular formula is C25H27ClFN5O4S. The highest BCUT2D eigenvalue weighted by Gasteiger charge is 2.38. The number of nitrogens with one attached hydrogen (secondary N) is 2. The van der Waals surface area contributed by atoms with Crippen LogP contribution in [0.5, 0.6) is 0 Å². The third kappa shape index (κ3) is 5.85. The van der Waals surface area contributed by atoms with Gasteiger partial charge in [-0.05, 0) is 31.9 Å². The van der Waals surface area contributed by atoms with Crippen molar-refractivity contribution in [2.75, 3.05) is 32.9 Å². The lowest BCUT2D eigenvalue weighted by molar-refractivity contribution is -0.139. The van der Waals surface area contributed by atoms with Gasteiger partial charge in [-0.1, -0.05) is 17.7 Å². The van der Waals surface area contributed by atoms with Gasteiger partial charge >= 0.3 is 5.97 Å². The van der Waals surface area contributed by atoms with Gasteiger partial charge in [-0.25, -0.2) is 14.2 Å². The Kier molecular flexibility index (Phi) is 7.84. The van der Waals surface area contributed by atoms with Gasteiger partial charge in [0, 0.05) is 47.0 Å². The first-order valence-corrected chi connectivity index (χ1v) is 13.4. The van der Waals surface area contributed by atoms with E-state index in [1.807, 2.05) is 10.3 Å². The topological polar surface area (TPSA) is 105 Å². The molecule has 0 unspecified atom stereocenters. The van der Waals surface area contributed by atoms with Gasteiger partial charge in [-0.3, -0.25) is 14.7 Å². The second kappa shape index (κ2) is 11.3. The molecule has 12 heteroatoms. The summed E-state index contributed by atoms with van der Waals surface area (Å²) in [5, 5.41) is 8.92. The molecule has 3 heterocycles. The summed E-state index contributed by atoms with van der Waals surface area (Å²) in [4.78, 5) is 37.5. The van der Waals surface area contributed by atoms with Crippen molar-refractivity contribution in [2.45, 2.75) is 37.9 Å². The lowest BCUT2D eigenvalue weighted by atomic mass is 9.95. The maximum absolute atomic E-state index is 13.9. The minimum absolute atomic E-state index is 0.0942. The lowest BCUT2D eigenvalue weighted by Gasteiger charge is -2.37. The fraction of sp³-hybridized carbons (Fsp3) is 0.440. The number of carbonyl (C=O) groups is 2. The predicted octanol–water partition coefficient (Wildman–Crippen LogP) is 2.82. The highest BCUT2D eigenvalue weighted by molar-refractivity contribution is 7.11. The largest absolute Gasteiger partial charge is 0.463 e. The van der Waals surface area contributed by atoms with Crippen molar-refractivity contribution in [2.24, 2.45) is 4.99 Å². The Morgan fingerprint density at radius 2 is 2.22 bits per heavy atom. The highest BCUT2D eigenvalue weighted by atomic mass is 35.5. The van der Waals surface area contributed by atoms with Crippen LogP contribution in [0.1, 0.15) is 36.4 Å². The van der Waals surface area contributed by atoms with Crippen LogP contribution in [-0.4, -0.2) is 72.6 Å². The van der Waals surface area contributed by atoms with Crippen molar-refractivity contribution in [3.8, 4) is 0 Å². The monoisotopic (exact) mass is 547 g/mol. The number of nitrogens with zero attached hydrogens (tertiary/aromatic N) is 3. The molecular weight excluding hydrogens is 521 g/mol. The van der Waals surface area contributed by atoms with Gasteiger partial charge in [0.2, 0.25) is 5.91 Å². The molecule has 1 aromatic heterocycles. The molecule has 2 aliphatic heterocycles. The second-order valence-electron chi connectivity index (χ2n) is 8.97. The molecule has 2 aromatic rings. The lowest BCUT2D eigenvalue weighted by Crippen LogP contribution is -2.55. The van der Waals surface area contributed by atoms with Crippen LogP contribution < -0.4 is 10.6 Å². The number of hydrogen-bond donors (Lipinski definition) is 2. The SMILES string of the molecule is CCOC(=O)C1=C(CN2CCOC[C@H]2C(=O)NC2CC2)NC(c2nccs2)=N[C@H]1c1ccc(F)cc1Cl. The van der Waals surface area contributed by atoms with Gasteiger partial charge in [0.15, 0.2) is 10.8 Å². The molecule has 37 heavy (non-hydrogen) atoms. The molecule has 196 valence electrons. The zero-order valence-corrected chi connectivity index (χ0v) is 21.8. The zero-order valence-electron chi connectivity index (χ0n) is 20.2. The number of halogens is 2. The number of ether oxygens (including phenoxy) is 2. The molecule has 1 aromatic carbocycles. The Hall–Kier alpha value is -2.86. The van der Waals surface area contributed by atoms with Crippen LogP contribution in [0.15, 0.2) is 46.0 Å². The van der Waals surface area contributed by atoms with E-state index in [2.05, 4.69) is 15.6 Å². The molecule has 1 saturated heterocycles. The Balaban J connectivity index is 1.56. The Labute approximate surface area is 222 Å². The summed E-state index contributed by atoms with van der Waals surface area (Å²) in [7, 11) is 0. The third-order valence-electron chi connectivity index (χ3n) is 6.34. The summed E-state index contributed by atoms with van der Waals surface area (Å²) < 4.78 is 24.9. The standard InChI is InChI=1S/C25H27ClFN5O4S/c1-2-36-25(34)20-18(12-32-8-9-35-13-19(32)23(33)29-15-4-5-15)30-22(24-28-7-10-37-24)31-21(20)16-6-3-14(27)11-17(16)26/h3,6-7,10-11,15,19,21H,2,4-5,8-9,12-13H2,1H3,(H,29,33)(H,30,31)/t19-,21-/m0/s1. The number of amidine groups is 1. The maximum Gasteiger partial charge on any atom is 0.338 e. The number of benzene rings is 1. The van der Waals surface area contributed by atoms with Crippen LogP contribution in [0.3, 0.4) is 0 Å². The van der Waals surface area contributed by atoms with Gasteiger partial charge in [-0.15, -0.1) is 11.3 Å². The summed E-state index contributed by atoms with van der Waals surface area (Å²) in [6, 6.07) is 2.84. The fourth-order valence-electron chi connectivity index (χ4n) is 4.36. The number of amides is 1. The number of hydrogen-bond acceptors (Lipinski definition) is 9. The van der Waals surface area contributed by atoms with Crippen LogP contribution in [0.2, 0.25) is 5.02 Å². The maximum atomic E-state index is 13.9. The Bertz CT molecular complexity index is 1230. The number of thiazole rings is 1. The van der Waals surface area contributed by atoms with Crippen molar-refractivity contribution >= 4 is 40.6 Å². The van der Waals surface area contributed by atoms with E-state index in [4.69, 9.17) is 26.1 Å². The Morgan fingerprint density at radius 3 is 2.92 bits per heavy atom. The summed E-state index contributed by atoms with van der Waals surface area (Å²) in [5.74, 6) is -0.699. The first kappa shape index (κ1) is 25.8. The summed E-state index contributed by atoms with van der Waals surface area (Å²) in [6.07, 6.45) is 3.62. The van der Waals surface area contributed by atoms with E-state index in [-0.39, 0.29) is 42.3 Å². The number of aromatic nitrogens is 1. The van der Waals surface area contributed by atoms with Crippen molar-refractivity contribution < 1.29 is 23.5 Å². The van der Waals surface area contributed by atoms with Crippen LogP contribution >= 0.6 is 22.9 Å². The van der Waals surface area contributed by atoms with E-state index in [9.17, 15) is 14.0 Å². The van der Waals surface area contributed by atoms with Crippen LogP contribution in [0.25, 0.3) is 0 Å². The molecule has 0 bridgehead atoms. The number of aliphatic imine (C=N–C) groups is 1. The van der Waals surface area contributed by atoms with E-state index in [1.165, 1.54) is 29.5 Å². The molecule has 1 saturated carbocycles.